The molecule has 0 unspecified atom stereocenters. The first-order chi connectivity index (χ1) is 5.70. The van der Waals surface area contributed by atoms with Gasteiger partial charge in [-0.05, 0) is 29.1 Å². The van der Waals surface area contributed by atoms with Crippen LogP contribution in [-0.4, -0.2) is 0 Å². The predicted octanol–water partition coefficient (Wildman–Crippen LogP) is 4.05. The van der Waals surface area contributed by atoms with E-state index in [2.05, 4.69) is 25.3 Å². The molecular formula is C10H18S2. The minimum atomic E-state index is 0.883. The van der Waals surface area contributed by atoms with Crippen LogP contribution in [0.1, 0.15) is 45.4 Å². The number of allylic oxidation sites excluding steroid dienone is 2. The van der Waals surface area contributed by atoms with Gasteiger partial charge in [-0.25, -0.2) is 0 Å². The Bertz CT molecular complexity index is 163. The van der Waals surface area contributed by atoms with Gasteiger partial charge in [0, 0.05) is 0 Å². The summed E-state index contributed by atoms with van der Waals surface area (Å²) in [4.78, 5) is 2.27. The van der Waals surface area contributed by atoms with E-state index in [0.717, 1.165) is 17.2 Å². The number of hydrogen-bond donors (Lipinski definition) is 2. The van der Waals surface area contributed by atoms with E-state index in [1.54, 1.807) is 0 Å². The standard InChI is InChI=1S/C10H18S2/c1-8(11)10(12)7-9-5-3-2-4-6-9/h9,11-12H,2-7H2,1H3. The molecule has 0 saturated heterocycles. The van der Waals surface area contributed by atoms with Gasteiger partial charge in [-0.1, -0.05) is 32.1 Å². The molecule has 0 heterocycles. The molecule has 2 heteroatoms. The molecule has 0 aliphatic heterocycles. The highest BCUT2D eigenvalue weighted by atomic mass is 32.1. The summed E-state index contributed by atoms with van der Waals surface area (Å²) in [5.41, 5.74) is 0. The lowest BCUT2D eigenvalue weighted by Gasteiger charge is -2.21. The summed E-state index contributed by atoms with van der Waals surface area (Å²) in [6, 6.07) is 0. The Hall–Kier alpha value is 0.440. The molecular weight excluding hydrogens is 184 g/mol. The second-order valence-corrected chi connectivity index (χ2v) is 4.95. The molecule has 0 N–H and O–H groups in total. The summed E-state index contributed by atoms with van der Waals surface area (Å²) >= 11 is 8.73. The second-order valence-electron chi connectivity index (χ2n) is 3.74. The lowest BCUT2D eigenvalue weighted by atomic mass is 9.87. The van der Waals surface area contributed by atoms with E-state index in [1.165, 1.54) is 37.0 Å². The highest BCUT2D eigenvalue weighted by Gasteiger charge is 2.14. The molecule has 0 amide bonds. The third-order valence-electron chi connectivity index (χ3n) is 2.62. The molecule has 1 rings (SSSR count). The molecule has 1 aliphatic carbocycles. The Morgan fingerprint density at radius 1 is 1.17 bits per heavy atom. The van der Waals surface area contributed by atoms with Gasteiger partial charge >= 0.3 is 0 Å². The van der Waals surface area contributed by atoms with Gasteiger partial charge in [-0.2, -0.15) is 0 Å². The van der Waals surface area contributed by atoms with Gasteiger partial charge in [-0.15, -0.1) is 25.3 Å². The van der Waals surface area contributed by atoms with Crippen molar-refractivity contribution < 1.29 is 0 Å². The molecule has 12 heavy (non-hydrogen) atoms. The maximum Gasteiger partial charge on any atom is -0.00918 e. The average Bonchev–Trinajstić information content (AvgIpc) is 2.06. The van der Waals surface area contributed by atoms with Crippen molar-refractivity contribution in [2.45, 2.75) is 45.4 Å². The van der Waals surface area contributed by atoms with Crippen LogP contribution < -0.4 is 0 Å². The summed E-state index contributed by atoms with van der Waals surface area (Å²) in [5.74, 6) is 0.883. The van der Waals surface area contributed by atoms with Crippen molar-refractivity contribution >= 4 is 25.3 Å². The first-order valence-electron chi connectivity index (χ1n) is 4.78. The van der Waals surface area contributed by atoms with Gasteiger partial charge in [-0.3, -0.25) is 0 Å². The van der Waals surface area contributed by atoms with Crippen LogP contribution in [-0.2, 0) is 0 Å². The fourth-order valence-electron chi connectivity index (χ4n) is 1.81. The van der Waals surface area contributed by atoms with Crippen LogP contribution >= 0.6 is 25.3 Å². The largest absolute Gasteiger partial charge is 0.147 e. The van der Waals surface area contributed by atoms with Crippen LogP contribution in [0.15, 0.2) is 9.81 Å². The maximum absolute atomic E-state index is 4.44. The zero-order valence-corrected chi connectivity index (χ0v) is 9.50. The van der Waals surface area contributed by atoms with Crippen LogP contribution in [0.3, 0.4) is 0 Å². The molecule has 0 aromatic carbocycles. The quantitative estimate of drug-likeness (QED) is 0.620. The van der Waals surface area contributed by atoms with Crippen LogP contribution in [0.5, 0.6) is 0 Å². The SMILES string of the molecule is CC(S)=C(S)CC1CCCCC1. The van der Waals surface area contributed by atoms with Crippen molar-refractivity contribution in [3.8, 4) is 0 Å². The van der Waals surface area contributed by atoms with Crippen LogP contribution in [0.25, 0.3) is 0 Å². The molecule has 1 saturated carbocycles. The molecule has 0 atom stereocenters. The minimum absolute atomic E-state index is 0.883. The zero-order chi connectivity index (χ0) is 8.97. The Balaban J connectivity index is 2.34. The maximum atomic E-state index is 4.44. The fourth-order valence-corrected chi connectivity index (χ4v) is 2.16. The summed E-state index contributed by atoms with van der Waals surface area (Å²) in [5, 5.41) is 0. The van der Waals surface area contributed by atoms with Crippen molar-refractivity contribution in [3.05, 3.63) is 9.81 Å². The average molecular weight is 202 g/mol. The van der Waals surface area contributed by atoms with Gasteiger partial charge in [0.1, 0.15) is 0 Å². The molecule has 0 aromatic rings. The van der Waals surface area contributed by atoms with E-state index in [0.29, 0.717) is 0 Å². The van der Waals surface area contributed by atoms with Crippen molar-refractivity contribution in [2.75, 3.05) is 0 Å². The molecule has 0 radical (unpaired) electrons. The highest BCUT2D eigenvalue weighted by Crippen LogP contribution is 2.31. The van der Waals surface area contributed by atoms with Gasteiger partial charge < -0.3 is 0 Å². The van der Waals surface area contributed by atoms with Gasteiger partial charge in [0.25, 0.3) is 0 Å². The highest BCUT2D eigenvalue weighted by molar-refractivity contribution is 7.88. The molecule has 1 fully saturated rings. The first kappa shape index (κ1) is 10.5. The number of hydrogen-bond acceptors (Lipinski definition) is 2. The van der Waals surface area contributed by atoms with Crippen LogP contribution in [0, 0.1) is 5.92 Å². The predicted molar refractivity (Wildman–Crippen MR) is 61.9 cm³/mol. The summed E-state index contributed by atoms with van der Waals surface area (Å²) in [6.07, 6.45) is 8.20. The van der Waals surface area contributed by atoms with E-state index in [4.69, 9.17) is 0 Å². The molecule has 0 aromatic heterocycles. The Morgan fingerprint density at radius 3 is 2.25 bits per heavy atom. The Labute approximate surface area is 86.6 Å². The summed E-state index contributed by atoms with van der Waals surface area (Å²) < 4.78 is 0. The lowest BCUT2D eigenvalue weighted by Crippen LogP contribution is -2.06. The Morgan fingerprint density at radius 2 is 1.75 bits per heavy atom. The normalized spacial score (nSPS) is 22.2. The molecule has 0 spiro atoms. The van der Waals surface area contributed by atoms with Crippen molar-refractivity contribution in [2.24, 2.45) is 5.92 Å². The smallest absolute Gasteiger partial charge is 0.00918 e. The monoisotopic (exact) mass is 202 g/mol. The minimum Gasteiger partial charge on any atom is -0.147 e. The van der Waals surface area contributed by atoms with Crippen molar-refractivity contribution in [3.63, 3.8) is 0 Å². The van der Waals surface area contributed by atoms with Crippen LogP contribution in [0.4, 0.5) is 0 Å². The number of rotatable bonds is 2. The van der Waals surface area contributed by atoms with Gasteiger partial charge in [0.2, 0.25) is 0 Å². The van der Waals surface area contributed by atoms with Crippen LogP contribution in [0.2, 0.25) is 0 Å². The molecule has 0 nitrogen and oxygen atoms in total. The topological polar surface area (TPSA) is 0 Å². The fraction of sp³-hybridized carbons (Fsp3) is 0.800. The Kier molecular flexibility index (Phi) is 4.59. The number of thiol groups is 2. The second kappa shape index (κ2) is 5.23. The third-order valence-corrected chi connectivity index (χ3v) is 3.59. The van der Waals surface area contributed by atoms with E-state index >= 15 is 0 Å². The lowest BCUT2D eigenvalue weighted by molar-refractivity contribution is 0.360. The van der Waals surface area contributed by atoms with E-state index in [-0.39, 0.29) is 0 Å². The molecule has 1 aliphatic rings. The van der Waals surface area contributed by atoms with E-state index < -0.39 is 0 Å². The first-order valence-corrected chi connectivity index (χ1v) is 5.67. The summed E-state index contributed by atoms with van der Waals surface area (Å²) in [7, 11) is 0. The van der Waals surface area contributed by atoms with E-state index in [9.17, 15) is 0 Å². The third kappa shape index (κ3) is 3.44. The summed E-state index contributed by atoms with van der Waals surface area (Å²) in [6.45, 7) is 2.02. The zero-order valence-electron chi connectivity index (χ0n) is 7.71. The van der Waals surface area contributed by atoms with Crippen molar-refractivity contribution in [1.82, 2.24) is 0 Å². The molecule has 0 bridgehead atoms. The van der Waals surface area contributed by atoms with E-state index in [1.807, 2.05) is 6.92 Å². The molecule has 70 valence electrons. The van der Waals surface area contributed by atoms with Crippen molar-refractivity contribution in [1.29, 1.82) is 0 Å². The van der Waals surface area contributed by atoms with Gasteiger partial charge in [0.05, 0.1) is 0 Å². The van der Waals surface area contributed by atoms with Gasteiger partial charge in [0.15, 0.2) is 0 Å².